The van der Waals surface area contributed by atoms with Crippen molar-refractivity contribution in [3.8, 4) is 0 Å². The Kier molecular flexibility index (Phi) is 3.43. The van der Waals surface area contributed by atoms with Gasteiger partial charge in [-0.05, 0) is 50.7 Å². The molecule has 1 aliphatic heterocycles. The Balaban J connectivity index is 1.74. The molecule has 2 atom stereocenters. The van der Waals surface area contributed by atoms with E-state index in [4.69, 9.17) is 0 Å². The van der Waals surface area contributed by atoms with E-state index >= 15 is 0 Å². The fraction of sp³-hybridized carbons (Fsp3) is 1.00. The molecule has 1 aliphatic carbocycles. The van der Waals surface area contributed by atoms with Crippen LogP contribution in [0, 0.1) is 5.92 Å². The minimum absolute atomic E-state index is 0.544. The highest BCUT2D eigenvalue weighted by atomic mass is 32.2. The lowest BCUT2D eigenvalue weighted by Crippen LogP contribution is -2.40. The average molecular weight is 213 g/mol. The highest BCUT2D eigenvalue weighted by molar-refractivity contribution is 8.00. The number of hydrogen-bond donors (Lipinski definition) is 1. The molecule has 82 valence electrons. The van der Waals surface area contributed by atoms with Gasteiger partial charge in [0.05, 0.1) is 0 Å². The van der Waals surface area contributed by atoms with Crippen LogP contribution in [0.2, 0.25) is 0 Å². The second-order valence-corrected chi connectivity index (χ2v) is 6.82. The molecular weight excluding hydrogens is 190 g/mol. The molecule has 1 nitrogen and oxygen atoms in total. The third-order valence-corrected chi connectivity index (χ3v) is 5.21. The summed E-state index contributed by atoms with van der Waals surface area (Å²) >= 11 is 2.17. The van der Waals surface area contributed by atoms with Crippen LogP contribution in [-0.2, 0) is 0 Å². The Morgan fingerprint density at radius 1 is 1.50 bits per heavy atom. The molecule has 2 heteroatoms. The summed E-state index contributed by atoms with van der Waals surface area (Å²) < 4.78 is 0.544. The van der Waals surface area contributed by atoms with Crippen molar-refractivity contribution in [1.29, 1.82) is 0 Å². The maximum atomic E-state index is 3.79. The molecule has 2 aliphatic rings. The average Bonchev–Trinajstić information content (AvgIpc) is 2.91. The normalized spacial score (nSPS) is 34.7. The van der Waals surface area contributed by atoms with E-state index in [0.29, 0.717) is 4.75 Å². The van der Waals surface area contributed by atoms with E-state index < -0.39 is 0 Å². The second kappa shape index (κ2) is 4.44. The van der Waals surface area contributed by atoms with E-state index in [9.17, 15) is 0 Å². The Labute approximate surface area is 92.4 Å². The maximum Gasteiger partial charge on any atom is 0.0256 e. The molecule has 0 aromatic heterocycles. The summed E-state index contributed by atoms with van der Waals surface area (Å²) in [7, 11) is 0. The Hall–Kier alpha value is 0.310. The highest BCUT2D eigenvalue weighted by Gasteiger charge is 2.33. The van der Waals surface area contributed by atoms with Crippen LogP contribution in [0.1, 0.15) is 46.0 Å². The van der Waals surface area contributed by atoms with Crippen LogP contribution >= 0.6 is 11.8 Å². The first-order valence-corrected chi connectivity index (χ1v) is 7.09. The molecule has 0 amide bonds. The summed E-state index contributed by atoms with van der Waals surface area (Å²) in [5, 5.41) is 3.79. The molecule has 0 aromatic carbocycles. The molecule has 1 saturated carbocycles. The Morgan fingerprint density at radius 3 is 2.79 bits per heavy atom. The zero-order chi connectivity index (χ0) is 10.0. The van der Waals surface area contributed by atoms with Gasteiger partial charge in [0.25, 0.3) is 0 Å². The van der Waals surface area contributed by atoms with Crippen LogP contribution in [0.15, 0.2) is 0 Å². The van der Waals surface area contributed by atoms with Gasteiger partial charge in [0.15, 0.2) is 0 Å². The van der Waals surface area contributed by atoms with Crippen molar-refractivity contribution < 1.29 is 0 Å². The predicted octanol–water partition coefficient (Wildman–Crippen LogP) is 3.05. The first-order valence-electron chi connectivity index (χ1n) is 6.11. The van der Waals surface area contributed by atoms with Crippen molar-refractivity contribution >= 4 is 11.8 Å². The van der Waals surface area contributed by atoms with Gasteiger partial charge in [0, 0.05) is 17.3 Å². The molecular formula is C12H23NS. The van der Waals surface area contributed by atoms with E-state index in [-0.39, 0.29) is 0 Å². The van der Waals surface area contributed by atoms with Crippen LogP contribution in [0.3, 0.4) is 0 Å². The van der Waals surface area contributed by atoms with Crippen molar-refractivity contribution in [3.63, 3.8) is 0 Å². The summed E-state index contributed by atoms with van der Waals surface area (Å²) in [5.74, 6) is 2.38. The smallest absolute Gasteiger partial charge is 0.0256 e. The Bertz CT molecular complexity index is 183. The highest BCUT2D eigenvalue weighted by Crippen LogP contribution is 2.38. The lowest BCUT2D eigenvalue weighted by atomic mass is 10.0. The number of rotatable bonds is 5. The van der Waals surface area contributed by atoms with Gasteiger partial charge >= 0.3 is 0 Å². The summed E-state index contributed by atoms with van der Waals surface area (Å²) in [5.41, 5.74) is 0. The number of thioether (sulfide) groups is 1. The lowest BCUT2D eigenvalue weighted by Gasteiger charge is -2.26. The molecule has 2 fully saturated rings. The standard InChI is InChI=1S/C12H23NS/c1-3-11(10-5-6-10)13-9-12(2)7-4-8-14-12/h10-11,13H,3-9H2,1-2H3. The van der Waals surface area contributed by atoms with Gasteiger partial charge < -0.3 is 5.32 Å². The van der Waals surface area contributed by atoms with Crippen LogP contribution in [0.5, 0.6) is 0 Å². The van der Waals surface area contributed by atoms with Gasteiger partial charge in [-0.1, -0.05) is 6.92 Å². The Morgan fingerprint density at radius 2 is 2.29 bits per heavy atom. The van der Waals surface area contributed by atoms with E-state index in [1.165, 1.54) is 44.4 Å². The summed E-state index contributed by atoms with van der Waals surface area (Å²) in [4.78, 5) is 0. The number of hydrogen-bond acceptors (Lipinski definition) is 2. The molecule has 1 N–H and O–H groups in total. The van der Waals surface area contributed by atoms with E-state index in [1.807, 2.05) is 0 Å². The third-order valence-electron chi connectivity index (χ3n) is 3.67. The van der Waals surface area contributed by atoms with Crippen molar-refractivity contribution in [2.75, 3.05) is 12.3 Å². The first-order chi connectivity index (χ1) is 6.73. The zero-order valence-electron chi connectivity index (χ0n) is 9.51. The molecule has 14 heavy (non-hydrogen) atoms. The summed E-state index contributed by atoms with van der Waals surface area (Å²) in [6, 6.07) is 0.813. The lowest BCUT2D eigenvalue weighted by molar-refractivity contribution is 0.417. The minimum atomic E-state index is 0.544. The fourth-order valence-electron chi connectivity index (χ4n) is 2.47. The van der Waals surface area contributed by atoms with Crippen molar-refractivity contribution in [1.82, 2.24) is 5.32 Å². The molecule has 1 saturated heterocycles. The van der Waals surface area contributed by atoms with Crippen LogP contribution in [-0.4, -0.2) is 23.1 Å². The molecule has 0 spiro atoms. The van der Waals surface area contributed by atoms with E-state index in [0.717, 1.165) is 12.0 Å². The minimum Gasteiger partial charge on any atom is -0.312 e. The predicted molar refractivity (Wildman–Crippen MR) is 64.9 cm³/mol. The maximum absolute atomic E-state index is 3.79. The fourth-order valence-corrected chi connectivity index (χ4v) is 3.72. The SMILES string of the molecule is CCC(NCC1(C)CCCS1)C1CC1. The molecule has 0 bridgehead atoms. The van der Waals surface area contributed by atoms with Crippen molar-refractivity contribution in [2.45, 2.75) is 56.7 Å². The molecule has 0 radical (unpaired) electrons. The molecule has 2 unspecified atom stereocenters. The monoisotopic (exact) mass is 213 g/mol. The molecule has 1 heterocycles. The quantitative estimate of drug-likeness (QED) is 0.753. The third kappa shape index (κ3) is 2.66. The van der Waals surface area contributed by atoms with Crippen LogP contribution in [0.25, 0.3) is 0 Å². The van der Waals surface area contributed by atoms with Crippen LogP contribution in [0.4, 0.5) is 0 Å². The zero-order valence-corrected chi connectivity index (χ0v) is 10.3. The van der Waals surface area contributed by atoms with E-state index in [2.05, 4.69) is 30.9 Å². The van der Waals surface area contributed by atoms with Gasteiger partial charge in [-0.2, -0.15) is 11.8 Å². The molecule has 0 aromatic rings. The van der Waals surface area contributed by atoms with Gasteiger partial charge in [-0.3, -0.25) is 0 Å². The summed E-state index contributed by atoms with van der Waals surface area (Å²) in [6.45, 7) is 5.98. The van der Waals surface area contributed by atoms with Crippen molar-refractivity contribution in [2.24, 2.45) is 5.92 Å². The van der Waals surface area contributed by atoms with Gasteiger partial charge in [0.1, 0.15) is 0 Å². The van der Waals surface area contributed by atoms with Gasteiger partial charge in [-0.25, -0.2) is 0 Å². The van der Waals surface area contributed by atoms with Crippen molar-refractivity contribution in [3.05, 3.63) is 0 Å². The topological polar surface area (TPSA) is 12.0 Å². The number of nitrogens with one attached hydrogen (secondary N) is 1. The van der Waals surface area contributed by atoms with E-state index in [1.54, 1.807) is 0 Å². The molecule has 2 rings (SSSR count). The van der Waals surface area contributed by atoms with Crippen LogP contribution < -0.4 is 5.32 Å². The first kappa shape index (κ1) is 10.8. The summed E-state index contributed by atoms with van der Waals surface area (Å²) in [6.07, 6.45) is 7.07. The second-order valence-electron chi connectivity index (χ2n) is 5.13. The van der Waals surface area contributed by atoms with Gasteiger partial charge in [0.2, 0.25) is 0 Å². The van der Waals surface area contributed by atoms with Gasteiger partial charge in [-0.15, -0.1) is 0 Å². The largest absolute Gasteiger partial charge is 0.312 e.